The first kappa shape index (κ1) is 19.7. The van der Waals surface area contributed by atoms with E-state index < -0.39 is 17.4 Å². The average molecular weight is 359 g/mol. The second-order valence-electron chi connectivity index (χ2n) is 6.62. The summed E-state index contributed by atoms with van der Waals surface area (Å²) >= 11 is 0. The Morgan fingerprint density at radius 3 is 2.58 bits per heavy atom. The molecule has 2 N–H and O–H groups in total. The number of rotatable bonds is 9. The molecule has 26 heavy (non-hydrogen) atoms. The zero-order valence-electron chi connectivity index (χ0n) is 15.4. The Labute approximate surface area is 153 Å². The number of carbonyl (C=O) groups is 2. The predicted octanol–water partition coefficient (Wildman–Crippen LogP) is 2.64. The summed E-state index contributed by atoms with van der Waals surface area (Å²) in [6.07, 6.45) is 2.26. The molecule has 0 aliphatic rings. The molecule has 140 valence electrons. The highest BCUT2D eigenvalue weighted by Gasteiger charge is 2.26. The van der Waals surface area contributed by atoms with E-state index in [1.165, 1.54) is 0 Å². The van der Waals surface area contributed by atoms with Crippen molar-refractivity contribution in [2.24, 2.45) is 5.41 Å². The normalized spacial score (nSPS) is 11.3. The van der Waals surface area contributed by atoms with Crippen LogP contribution >= 0.6 is 0 Å². The van der Waals surface area contributed by atoms with Crippen LogP contribution in [-0.4, -0.2) is 40.0 Å². The first-order chi connectivity index (χ1) is 12.3. The Bertz CT molecular complexity index is 753. The summed E-state index contributed by atoms with van der Waals surface area (Å²) in [6, 6.07) is 9.49. The van der Waals surface area contributed by atoms with Gasteiger partial charge in [-0.15, -0.1) is 0 Å². The number of hydrogen-bond acceptors (Lipinski definition) is 5. The van der Waals surface area contributed by atoms with Crippen LogP contribution in [0.4, 0.5) is 0 Å². The Morgan fingerprint density at radius 2 is 1.96 bits per heavy atom. The highest BCUT2D eigenvalue weighted by molar-refractivity contribution is 5.88. The SMILES string of the molecule is CCOC(=O)c1nn(-c2ccccc2)cc1CNCCC(C)(C)C(=O)O. The highest BCUT2D eigenvalue weighted by atomic mass is 16.5. The van der Waals surface area contributed by atoms with Crippen LogP contribution in [0.15, 0.2) is 36.5 Å². The van der Waals surface area contributed by atoms with Gasteiger partial charge in [0, 0.05) is 18.3 Å². The Balaban J connectivity index is 2.11. The third-order valence-corrected chi connectivity index (χ3v) is 4.10. The van der Waals surface area contributed by atoms with Gasteiger partial charge in [0.15, 0.2) is 5.69 Å². The summed E-state index contributed by atoms with van der Waals surface area (Å²) in [4.78, 5) is 23.3. The van der Waals surface area contributed by atoms with Crippen molar-refractivity contribution in [3.63, 3.8) is 0 Å². The molecule has 1 aromatic heterocycles. The second-order valence-corrected chi connectivity index (χ2v) is 6.62. The van der Waals surface area contributed by atoms with E-state index in [2.05, 4.69) is 10.4 Å². The maximum absolute atomic E-state index is 12.2. The van der Waals surface area contributed by atoms with E-state index in [0.29, 0.717) is 25.1 Å². The minimum atomic E-state index is -0.830. The number of ether oxygens (including phenoxy) is 1. The number of esters is 1. The van der Waals surface area contributed by atoms with Crippen LogP contribution in [0.25, 0.3) is 5.69 Å². The first-order valence-corrected chi connectivity index (χ1v) is 8.60. The molecule has 0 unspecified atom stereocenters. The Morgan fingerprint density at radius 1 is 1.27 bits per heavy atom. The topological polar surface area (TPSA) is 93.5 Å². The number of carboxylic acid groups (broad SMARTS) is 1. The number of aromatic nitrogens is 2. The van der Waals surface area contributed by atoms with E-state index >= 15 is 0 Å². The van der Waals surface area contributed by atoms with Crippen molar-refractivity contribution in [2.45, 2.75) is 33.7 Å². The summed E-state index contributed by atoms with van der Waals surface area (Å²) in [6.45, 7) is 6.31. The molecule has 1 aromatic carbocycles. The number of para-hydroxylation sites is 1. The zero-order valence-corrected chi connectivity index (χ0v) is 15.4. The molecule has 7 nitrogen and oxygen atoms in total. The molecule has 0 atom stereocenters. The molecule has 0 bridgehead atoms. The molecular formula is C19H25N3O4. The fraction of sp³-hybridized carbons (Fsp3) is 0.421. The molecule has 0 aliphatic heterocycles. The summed E-state index contributed by atoms with van der Waals surface area (Å²) in [5.74, 6) is -1.30. The fourth-order valence-electron chi connectivity index (χ4n) is 2.35. The first-order valence-electron chi connectivity index (χ1n) is 8.60. The predicted molar refractivity (Wildman–Crippen MR) is 97.3 cm³/mol. The van der Waals surface area contributed by atoms with E-state index in [-0.39, 0.29) is 12.3 Å². The van der Waals surface area contributed by atoms with Gasteiger partial charge in [-0.3, -0.25) is 4.79 Å². The van der Waals surface area contributed by atoms with E-state index in [0.717, 1.165) is 5.69 Å². The lowest BCUT2D eigenvalue weighted by atomic mass is 9.90. The summed E-state index contributed by atoms with van der Waals surface area (Å²) in [5.41, 5.74) is 1.02. The van der Waals surface area contributed by atoms with Gasteiger partial charge in [-0.2, -0.15) is 5.10 Å². The van der Waals surface area contributed by atoms with Gasteiger partial charge in [0.1, 0.15) is 0 Å². The molecule has 0 saturated carbocycles. The number of nitrogens with one attached hydrogen (secondary N) is 1. The molecule has 2 aromatic rings. The van der Waals surface area contributed by atoms with E-state index in [9.17, 15) is 9.59 Å². The van der Waals surface area contributed by atoms with E-state index in [1.54, 1.807) is 31.6 Å². The summed E-state index contributed by atoms with van der Waals surface area (Å²) in [5, 5.41) is 16.7. The van der Waals surface area contributed by atoms with Crippen molar-refractivity contribution in [3.8, 4) is 5.69 Å². The number of carbonyl (C=O) groups excluding carboxylic acids is 1. The molecule has 2 rings (SSSR count). The maximum atomic E-state index is 12.2. The molecule has 1 heterocycles. The summed E-state index contributed by atoms with van der Waals surface area (Å²) < 4.78 is 6.73. The Hall–Kier alpha value is -2.67. The lowest BCUT2D eigenvalue weighted by Gasteiger charge is -2.18. The number of aliphatic carboxylic acids is 1. The van der Waals surface area contributed by atoms with Crippen LogP contribution in [0.3, 0.4) is 0 Å². The van der Waals surface area contributed by atoms with Crippen molar-refractivity contribution in [1.82, 2.24) is 15.1 Å². The number of nitrogens with zero attached hydrogens (tertiary/aromatic N) is 2. The average Bonchev–Trinajstić information content (AvgIpc) is 3.04. The second kappa shape index (κ2) is 8.62. The number of hydrogen-bond donors (Lipinski definition) is 2. The lowest BCUT2D eigenvalue weighted by Crippen LogP contribution is -2.29. The fourth-order valence-corrected chi connectivity index (χ4v) is 2.35. The molecule has 0 spiro atoms. The molecular weight excluding hydrogens is 334 g/mol. The Kier molecular flexibility index (Phi) is 6.52. The van der Waals surface area contributed by atoms with Gasteiger partial charge in [-0.05, 0) is 45.9 Å². The standard InChI is InChI=1S/C19H25N3O4/c1-4-26-17(23)16-14(12-20-11-10-19(2,3)18(24)25)13-22(21-16)15-8-6-5-7-9-15/h5-9,13,20H,4,10-12H2,1-3H3,(H,24,25). The maximum Gasteiger partial charge on any atom is 0.359 e. The van der Waals surface area contributed by atoms with Crippen molar-refractivity contribution in [1.29, 1.82) is 0 Å². The smallest absolute Gasteiger partial charge is 0.359 e. The van der Waals surface area contributed by atoms with Crippen LogP contribution < -0.4 is 5.32 Å². The molecule has 0 saturated heterocycles. The van der Waals surface area contributed by atoms with Crippen LogP contribution in [0.1, 0.15) is 43.2 Å². The van der Waals surface area contributed by atoms with Gasteiger partial charge in [-0.25, -0.2) is 9.48 Å². The van der Waals surface area contributed by atoms with Crippen molar-refractivity contribution in [3.05, 3.63) is 47.8 Å². The molecule has 0 aliphatic carbocycles. The van der Waals surface area contributed by atoms with Crippen LogP contribution in [0, 0.1) is 5.41 Å². The largest absolute Gasteiger partial charge is 0.481 e. The molecule has 0 fully saturated rings. The molecule has 0 radical (unpaired) electrons. The van der Waals surface area contributed by atoms with Crippen LogP contribution in [0.5, 0.6) is 0 Å². The third-order valence-electron chi connectivity index (χ3n) is 4.10. The molecule has 0 amide bonds. The van der Waals surface area contributed by atoms with Gasteiger partial charge in [0.05, 0.1) is 17.7 Å². The van der Waals surface area contributed by atoms with E-state index in [4.69, 9.17) is 9.84 Å². The minimum Gasteiger partial charge on any atom is -0.481 e. The van der Waals surface area contributed by atoms with Gasteiger partial charge in [-0.1, -0.05) is 18.2 Å². The minimum absolute atomic E-state index is 0.265. The van der Waals surface area contributed by atoms with Crippen LogP contribution in [-0.2, 0) is 16.1 Å². The van der Waals surface area contributed by atoms with Crippen molar-refractivity contribution in [2.75, 3.05) is 13.2 Å². The quantitative estimate of drug-likeness (QED) is 0.528. The van der Waals surface area contributed by atoms with Gasteiger partial charge in [0.2, 0.25) is 0 Å². The summed E-state index contributed by atoms with van der Waals surface area (Å²) in [7, 11) is 0. The number of benzene rings is 1. The third kappa shape index (κ3) is 4.92. The van der Waals surface area contributed by atoms with Crippen LogP contribution in [0.2, 0.25) is 0 Å². The van der Waals surface area contributed by atoms with E-state index in [1.807, 2.05) is 30.3 Å². The van der Waals surface area contributed by atoms with Gasteiger partial charge in [0.25, 0.3) is 0 Å². The van der Waals surface area contributed by atoms with Crippen molar-refractivity contribution >= 4 is 11.9 Å². The highest BCUT2D eigenvalue weighted by Crippen LogP contribution is 2.19. The van der Waals surface area contributed by atoms with Crippen molar-refractivity contribution < 1.29 is 19.4 Å². The van der Waals surface area contributed by atoms with Gasteiger partial charge < -0.3 is 15.2 Å². The molecule has 7 heteroatoms. The lowest BCUT2D eigenvalue weighted by molar-refractivity contribution is -0.147. The van der Waals surface area contributed by atoms with Gasteiger partial charge >= 0.3 is 11.9 Å². The monoisotopic (exact) mass is 359 g/mol. The number of carboxylic acids is 1. The zero-order chi connectivity index (χ0) is 19.2.